The lowest BCUT2D eigenvalue weighted by atomic mass is 9.81. The highest BCUT2D eigenvalue weighted by atomic mass is 32.2. The van der Waals surface area contributed by atoms with Crippen LogP contribution in [0.15, 0.2) is 65.1 Å². The van der Waals surface area contributed by atoms with Gasteiger partial charge in [-0.3, -0.25) is 10.1 Å². The van der Waals surface area contributed by atoms with Gasteiger partial charge in [-0.05, 0) is 11.1 Å². The van der Waals surface area contributed by atoms with E-state index in [9.17, 15) is 18.5 Å². The minimum Gasteiger partial charge on any atom is -0.483 e. The third-order valence-electron chi connectivity index (χ3n) is 3.87. The number of nitro groups is 1. The van der Waals surface area contributed by atoms with E-state index in [0.717, 1.165) is 6.26 Å². The van der Waals surface area contributed by atoms with Gasteiger partial charge in [-0.2, -0.15) is 0 Å². The smallest absolute Gasteiger partial charge is 0.253 e. The van der Waals surface area contributed by atoms with Gasteiger partial charge in [0.2, 0.25) is 12.4 Å². The molecule has 0 amide bonds. The van der Waals surface area contributed by atoms with E-state index in [1.807, 2.05) is 12.1 Å². The zero-order valence-electron chi connectivity index (χ0n) is 14.5. The number of nitrogens with zero attached hydrogens (tertiary/aromatic N) is 2. The lowest BCUT2D eigenvalue weighted by molar-refractivity contribution is -0.483. The summed E-state index contributed by atoms with van der Waals surface area (Å²) in [5.74, 6) is -1.44. The van der Waals surface area contributed by atoms with Crippen molar-refractivity contribution >= 4 is 15.9 Å². The van der Waals surface area contributed by atoms with E-state index in [1.165, 1.54) is 7.11 Å². The average Bonchev–Trinajstić information content (AvgIpc) is 2.60. The van der Waals surface area contributed by atoms with E-state index in [0.29, 0.717) is 11.1 Å². The predicted octanol–water partition coefficient (Wildman–Crippen LogP) is 2.84. The van der Waals surface area contributed by atoms with Gasteiger partial charge in [0.1, 0.15) is 0 Å². The van der Waals surface area contributed by atoms with Crippen LogP contribution in [0, 0.1) is 10.1 Å². The Balaban J connectivity index is 2.67. The Morgan fingerprint density at radius 2 is 1.58 bits per heavy atom. The molecule has 0 spiro atoms. The molecule has 26 heavy (non-hydrogen) atoms. The van der Waals surface area contributed by atoms with Crippen LogP contribution in [0.2, 0.25) is 0 Å². The normalized spacial score (nSPS) is 14.5. The highest BCUT2D eigenvalue weighted by molar-refractivity contribution is 7.89. The Morgan fingerprint density at radius 1 is 1.08 bits per heavy atom. The predicted molar refractivity (Wildman–Crippen MR) is 99.5 cm³/mol. The molecular weight excluding hydrogens is 356 g/mol. The lowest BCUT2D eigenvalue weighted by Gasteiger charge is -2.25. The zero-order chi connectivity index (χ0) is 19.2. The SMILES string of the molecule is CO/C(=N\S(C)(=O)=O)[C@H](c1ccccc1)[C@H](C[N+](=O)[O-])c1ccccc1. The second-order valence-electron chi connectivity index (χ2n) is 5.79. The molecule has 0 aliphatic heterocycles. The Morgan fingerprint density at radius 3 is 2.00 bits per heavy atom. The van der Waals surface area contributed by atoms with Gasteiger partial charge in [0.15, 0.2) is 0 Å². The van der Waals surface area contributed by atoms with E-state index < -0.39 is 33.3 Å². The summed E-state index contributed by atoms with van der Waals surface area (Å²) in [6.07, 6.45) is 0.957. The summed E-state index contributed by atoms with van der Waals surface area (Å²) < 4.78 is 32.4. The molecule has 0 heterocycles. The molecule has 0 radical (unpaired) electrons. The Labute approximate surface area is 152 Å². The third-order valence-corrected chi connectivity index (χ3v) is 4.38. The first-order chi connectivity index (χ1) is 12.3. The van der Waals surface area contributed by atoms with Gasteiger partial charge < -0.3 is 4.74 Å². The largest absolute Gasteiger partial charge is 0.483 e. The molecule has 0 aromatic heterocycles. The standard InChI is InChI=1S/C18H20N2O5S/c1-25-18(19-26(2,23)24)17(15-11-7-4-8-12-15)16(13-20(21)22)14-9-5-3-6-10-14/h3-12,16-17H,13H2,1-2H3/b19-18-/t16-,17-/m1/s1. The van der Waals surface area contributed by atoms with E-state index in [2.05, 4.69) is 4.40 Å². The fraction of sp³-hybridized carbons (Fsp3) is 0.278. The van der Waals surface area contributed by atoms with E-state index in [-0.39, 0.29) is 5.90 Å². The second kappa shape index (κ2) is 8.57. The zero-order valence-corrected chi connectivity index (χ0v) is 15.3. The van der Waals surface area contributed by atoms with Crippen molar-refractivity contribution in [2.75, 3.05) is 19.9 Å². The molecule has 0 N–H and O–H groups in total. The van der Waals surface area contributed by atoms with E-state index in [4.69, 9.17) is 4.74 Å². The molecule has 8 heteroatoms. The molecule has 0 unspecified atom stereocenters. The first kappa shape index (κ1) is 19.6. The number of hydrogen-bond donors (Lipinski definition) is 0. The molecule has 0 saturated heterocycles. The number of rotatable bonds is 7. The number of hydrogen-bond acceptors (Lipinski definition) is 5. The van der Waals surface area contributed by atoms with Gasteiger partial charge in [-0.15, -0.1) is 4.40 Å². The maximum absolute atomic E-state index is 11.7. The summed E-state index contributed by atoms with van der Waals surface area (Å²) in [6.45, 7) is -0.393. The van der Waals surface area contributed by atoms with Crippen LogP contribution >= 0.6 is 0 Å². The van der Waals surface area contributed by atoms with Crippen LogP contribution < -0.4 is 0 Å². The van der Waals surface area contributed by atoms with Crippen LogP contribution in [0.4, 0.5) is 0 Å². The minimum absolute atomic E-state index is 0.0746. The molecular formula is C18H20N2O5S. The van der Waals surface area contributed by atoms with E-state index in [1.54, 1.807) is 48.5 Å². The molecule has 0 saturated carbocycles. The van der Waals surface area contributed by atoms with Crippen LogP contribution in [0.1, 0.15) is 23.0 Å². The summed E-state index contributed by atoms with van der Waals surface area (Å²) in [7, 11) is -2.43. The molecule has 7 nitrogen and oxygen atoms in total. The summed E-state index contributed by atoms with van der Waals surface area (Å²) >= 11 is 0. The lowest BCUT2D eigenvalue weighted by Crippen LogP contribution is -2.28. The number of sulfonamides is 1. The van der Waals surface area contributed by atoms with Crippen molar-refractivity contribution in [2.24, 2.45) is 4.40 Å². The maximum atomic E-state index is 11.7. The molecule has 0 aliphatic carbocycles. The molecule has 2 aromatic rings. The second-order valence-corrected chi connectivity index (χ2v) is 7.44. The molecule has 0 fully saturated rings. The minimum atomic E-state index is -3.74. The number of methoxy groups -OCH3 is 1. The average molecular weight is 376 g/mol. The van der Waals surface area contributed by atoms with Crippen LogP contribution in [-0.2, 0) is 14.8 Å². The quantitative estimate of drug-likeness (QED) is 0.320. The summed E-state index contributed by atoms with van der Waals surface area (Å²) in [5, 5.41) is 11.3. The van der Waals surface area contributed by atoms with Gasteiger partial charge in [0.05, 0.1) is 25.2 Å². The third kappa shape index (κ3) is 5.38. The molecule has 0 aliphatic rings. The monoisotopic (exact) mass is 376 g/mol. The van der Waals surface area contributed by atoms with Crippen molar-refractivity contribution < 1.29 is 18.1 Å². The summed E-state index contributed by atoms with van der Waals surface area (Å²) in [6, 6.07) is 17.9. The highest BCUT2D eigenvalue weighted by Gasteiger charge is 2.34. The summed E-state index contributed by atoms with van der Waals surface area (Å²) in [4.78, 5) is 10.9. The van der Waals surface area contributed by atoms with Crippen molar-refractivity contribution in [3.63, 3.8) is 0 Å². The number of ether oxygens (including phenoxy) is 1. The first-order valence-corrected chi connectivity index (χ1v) is 9.72. The molecule has 2 aromatic carbocycles. The molecule has 2 atom stereocenters. The van der Waals surface area contributed by atoms with Gasteiger partial charge in [-0.1, -0.05) is 60.7 Å². The van der Waals surface area contributed by atoms with Crippen LogP contribution in [0.3, 0.4) is 0 Å². The first-order valence-electron chi connectivity index (χ1n) is 7.87. The Kier molecular flexibility index (Phi) is 6.46. The Bertz CT molecular complexity index is 867. The molecule has 138 valence electrons. The van der Waals surface area contributed by atoms with Gasteiger partial charge >= 0.3 is 0 Å². The summed E-state index contributed by atoms with van der Waals surface area (Å²) in [5.41, 5.74) is 1.39. The number of benzene rings is 2. The van der Waals surface area contributed by atoms with Gasteiger partial charge in [0, 0.05) is 4.92 Å². The van der Waals surface area contributed by atoms with Crippen molar-refractivity contribution in [1.29, 1.82) is 0 Å². The van der Waals surface area contributed by atoms with Crippen molar-refractivity contribution in [3.8, 4) is 0 Å². The van der Waals surface area contributed by atoms with Crippen LogP contribution in [0.5, 0.6) is 0 Å². The topological polar surface area (TPSA) is 98.9 Å². The van der Waals surface area contributed by atoms with Crippen molar-refractivity contribution in [2.45, 2.75) is 11.8 Å². The fourth-order valence-corrected chi connectivity index (χ4v) is 3.37. The highest BCUT2D eigenvalue weighted by Crippen LogP contribution is 2.35. The van der Waals surface area contributed by atoms with Gasteiger partial charge in [-0.25, -0.2) is 8.42 Å². The molecule has 0 bridgehead atoms. The van der Waals surface area contributed by atoms with Crippen molar-refractivity contribution in [3.05, 3.63) is 81.9 Å². The van der Waals surface area contributed by atoms with E-state index >= 15 is 0 Å². The maximum Gasteiger partial charge on any atom is 0.253 e. The fourth-order valence-electron chi connectivity index (χ4n) is 2.86. The van der Waals surface area contributed by atoms with Gasteiger partial charge in [0.25, 0.3) is 10.0 Å². The molecule has 2 rings (SSSR count). The van der Waals surface area contributed by atoms with Crippen LogP contribution in [-0.4, -0.2) is 39.1 Å². The Hall–Kier alpha value is -2.74. The van der Waals surface area contributed by atoms with Crippen LogP contribution in [0.25, 0.3) is 0 Å². The van der Waals surface area contributed by atoms with Crippen molar-refractivity contribution in [1.82, 2.24) is 0 Å².